The first-order valence-corrected chi connectivity index (χ1v) is 8.67. The van der Waals surface area contributed by atoms with Crippen LogP contribution in [-0.4, -0.2) is 6.04 Å². The number of hydrogen-bond acceptors (Lipinski definition) is 1. The molecule has 0 aliphatic heterocycles. The highest BCUT2D eigenvalue weighted by Gasteiger charge is 2.33. The van der Waals surface area contributed by atoms with Crippen molar-refractivity contribution < 1.29 is 0 Å². The Morgan fingerprint density at radius 2 is 1.79 bits per heavy atom. The molecule has 4 atom stereocenters. The van der Waals surface area contributed by atoms with Crippen molar-refractivity contribution in [2.75, 3.05) is 0 Å². The highest BCUT2D eigenvalue weighted by molar-refractivity contribution is 4.87. The maximum atomic E-state index is 6.46. The summed E-state index contributed by atoms with van der Waals surface area (Å²) in [6.45, 7) is 3.78. The van der Waals surface area contributed by atoms with Gasteiger partial charge in [0.1, 0.15) is 0 Å². The molecule has 0 aromatic rings. The van der Waals surface area contributed by atoms with E-state index in [0.717, 1.165) is 17.8 Å². The average molecular weight is 263 g/mol. The Morgan fingerprint density at radius 1 is 1.00 bits per heavy atom. The van der Waals surface area contributed by atoms with Crippen LogP contribution < -0.4 is 5.73 Å². The number of hydrogen-bond donors (Lipinski definition) is 1. The molecule has 0 aromatic carbocycles. The minimum atomic E-state index is 0.478. The van der Waals surface area contributed by atoms with Gasteiger partial charge in [0.2, 0.25) is 0 Å². The fourth-order valence-electron chi connectivity index (χ4n) is 4.38. The van der Waals surface area contributed by atoms with E-state index in [1.54, 1.807) is 0 Å². The summed E-state index contributed by atoms with van der Waals surface area (Å²) in [7, 11) is 0. The number of allylic oxidation sites excluding steroid dienone is 1. The first-order chi connectivity index (χ1) is 9.31. The Morgan fingerprint density at radius 3 is 2.58 bits per heavy atom. The van der Waals surface area contributed by atoms with Crippen molar-refractivity contribution in [3.05, 3.63) is 12.7 Å². The van der Waals surface area contributed by atoms with Gasteiger partial charge in [-0.3, -0.25) is 0 Å². The Labute approximate surface area is 120 Å². The summed E-state index contributed by atoms with van der Waals surface area (Å²) in [5.74, 6) is 2.92. The van der Waals surface area contributed by atoms with E-state index < -0.39 is 0 Å². The van der Waals surface area contributed by atoms with Crippen LogP contribution in [-0.2, 0) is 0 Å². The molecule has 2 N–H and O–H groups in total. The van der Waals surface area contributed by atoms with Crippen LogP contribution in [0.15, 0.2) is 12.7 Å². The number of unbranched alkanes of at least 4 members (excludes halogenated alkanes) is 3. The predicted octanol–water partition coefficient (Wildman–Crippen LogP) is 5.06. The highest BCUT2D eigenvalue weighted by atomic mass is 14.7. The van der Waals surface area contributed by atoms with Crippen LogP contribution in [0.5, 0.6) is 0 Å². The zero-order valence-corrected chi connectivity index (χ0v) is 12.7. The Kier molecular flexibility index (Phi) is 6.43. The molecule has 2 aliphatic carbocycles. The van der Waals surface area contributed by atoms with E-state index in [2.05, 4.69) is 6.58 Å². The highest BCUT2D eigenvalue weighted by Crippen LogP contribution is 2.43. The van der Waals surface area contributed by atoms with E-state index in [1.807, 2.05) is 6.08 Å². The minimum absolute atomic E-state index is 0.478. The zero-order valence-electron chi connectivity index (χ0n) is 12.7. The Bertz CT molecular complexity index is 260. The van der Waals surface area contributed by atoms with Crippen molar-refractivity contribution in [2.24, 2.45) is 23.5 Å². The summed E-state index contributed by atoms with van der Waals surface area (Å²) < 4.78 is 0. The topological polar surface area (TPSA) is 26.0 Å². The molecule has 19 heavy (non-hydrogen) atoms. The molecule has 2 saturated carbocycles. The van der Waals surface area contributed by atoms with E-state index in [4.69, 9.17) is 5.73 Å². The second-order valence-corrected chi connectivity index (χ2v) is 6.97. The molecule has 0 bridgehead atoms. The van der Waals surface area contributed by atoms with Crippen LogP contribution in [0.3, 0.4) is 0 Å². The molecule has 2 fully saturated rings. The van der Waals surface area contributed by atoms with Crippen LogP contribution in [0, 0.1) is 17.8 Å². The van der Waals surface area contributed by atoms with Crippen LogP contribution in [0.25, 0.3) is 0 Å². The minimum Gasteiger partial charge on any atom is -0.327 e. The Hall–Kier alpha value is -0.300. The van der Waals surface area contributed by atoms with Crippen LogP contribution in [0.1, 0.15) is 77.0 Å². The van der Waals surface area contributed by atoms with E-state index in [9.17, 15) is 0 Å². The predicted molar refractivity (Wildman–Crippen MR) is 84.0 cm³/mol. The van der Waals surface area contributed by atoms with E-state index >= 15 is 0 Å². The maximum Gasteiger partial charge on any atom is 0.00672 e. The number of fused-ring (bicyclic) bond motifs is 1. The lowest BCUT2D eigenvalue weighted by atomic mass is 9.66. The van der Waals surface area contributed by atoms with E-state index in [0.29, 0.717) is 6.04 Å². The molecule has 110 valence electrons. The third-order valence-electron chi connectivity index (χ3n) is 5.63. The van der Waals surface area contributed by atoms with Gasteiger partial charge < -0.3 is 5.73 Å². The van der Waals surface area contributed by atoms with Crippen LogP contribution in [0.2, 0.25) is 0 Å². The molecule has 0 saturated heterocycles. The van der Waals surface area contributed by atoms with Gasteiger partial charge in [0.25, 0.3) is 0 Å². The smallest absolute Gasteiger partial charge is 0.00672 e. The van der Waals surface area contributed by atoms with Crippen molar-refractivity contribution in [3.63, 3.8) is 0 Å². The van der Waals surface area contributed by atoms with Gasteiger partial charge in [-0.1, -0.05) is 44.6 Å². The summed E-state index contributed by atoms with van der Waals surface area (Å²) in [6, 6.07) is 0.478. The molecule has 0 spiro atoms. The van der Waals surface area contributed by atoms with Gasteiger partial charge in [0, 0.05) is 6.04 Å². The van der Waals surface area contributed by atoms with Gasteiger partial charge in [0.15, 0.2) is 0 Å². The van der Waals surface area contributed by atoms with Crippen molar-refractivity contribution >= 4 is 0 Å². The average Bonchev–Trinajstić information content (AvgIpc) is 2.46. The summed E-state index contributed by atoms with van der Waals surface area (Å²) in [5.41, 5.74) is 6.46. The molecule has 4 unspecified atom stereocenters. The summed E-state index contributed by atoms with van der Waals surface area (Å²) in [4.78, 5) is 0. The van der Waals surface area contributed by atoms with Crippen LogP contribution in [0.4, 0.5) is 0 Å². The molecule has 1 heteroatoms. The lowest BCUT2D eigenvalue weighted by Crippen LogP contribution is -2.37. The van der Waals surface area contributed by atoms with Gasteiger partial charge >= 0.3 is 0 Å². The first-order valence-electron chi connectivity index (χ1n) is 8.67. The molecule has 0 aromatic heterocycles. The normalized spacial score (nSPS) is 32.6. The quantitative estimate of drug-likeness (QED) is 0.504. The zero-order chi connectivity index (χ0) is 13.5. The maximum absolute atomic E-state index is 6.46. The molecule has 0 radical (unpaired) electrons. The molecule has 0 amide bonds. The monoisotopic (exact) mass is 263 g/mol. The SMILES string of the molecule is C=CCCCCCC(N)C1CCC2CCCCC2C1. The number of nitrogens with two attached hydrogens (primary N) is 1. The van der Waals surface area contributed by atoms with Gasteiger partial charge in [-0.25, -0.2) is 0 Å². The van der Waals surface area contributed by atoms with Crippen LogP contribution >= 0.6 is 0 Å². The van der Waals surface area contributed by atoms with E-state index in [1.165, 1.54) is 77.0 Å². The fraction of sp³-hybridized carbons (Fsp3) is 0.889. The van der Waals surface area contributed by atoms with Crippen molar-refractivity contribution in [1.29, 1.82) is 0 Å². The standard InChI is InChI=1S/C18H33N/c1-2-3-4-5-6-11-18(19)17-13-12-15-9-7-8-10-16(15)14-17/h2,15-18H,1,3-14,19H2. The second kappa shape index (κ2) is 8.09. The van der Waals surface area contributed by atoms with Crippen molar-refractivity contribution in [3.8, 4) is 0 Å². The van der Waals surface area contributed by atoms with Crippen molar-refractivity contribution in [2.45, 2.75) is 83.1 Å². The largest absolute Gasteiger partial charge is 0.327 e. The lowest BCUT2D eigenvalue weighted by molar-refractivity contribution is 0.115. The summed E-state index contributed by atoms with van der Waals surface area (Å²) in [6.07, 6.45) is 18.7. The molecule has 1 nitrogen and oxygen atoms in total. The molecule has 2 rings (SSSR count). The lowest BCUT2D eigenvalue weighted by Gasteiger charge is -2.41. The van der Waals surface area contributed by atoms with E-state index in [-0.39, 0.29) is 0 Å². The summed E-state index contributed by atoms with van der Waals surface area (Å²) in [5, 5.41) is 0. The first kappa shape index (κ1) is 15.1. The number of rotatable bonds is 7. The van der Waals surface area contributed by atoms with Gasteiger partial charge in [0.05, 0.1) is 0 Å². The molecule has 0 heterocycles. The van der Waals surface area contributed by atoms with Crippen molar-refractivity contribution in [1.82, 2.24) is 0 Å². The molecular weight excluding hydrogens is 230 g/mol. The fourth-order valence-corrected chi connectivity index (χ4v) is 4.38. The van der Waals surface area contributed by atoms with Gasteiger partial charge in [-0.15, -0.1) is 6.58 Å². The second-order valence-electron chi connectivity index (χ2n) is 6.97. The Balaban J connectivity index is 1.65. The third-order valence-corrected chi connectivity index (χ3v) is 5.63. The van der Waals surface area contributed by atoms with Gasteiger partial charge in [-0.05, 0) is 56.3 Å². The summed E-state index contributed by atoms with van der Waals surface area (Å²) >= 11 is 0. The third kappa shape index (κ3) is 4.63. The van der Waals surface area contributed by atoms with Gasteiger partial charge in [-0.2, -0.15) is 0 Å². The molecular formula is C18H33N. The molecule has 2 aliphatic rings.